The van der Waals surface area contributed by atoms with Crippen molar-refractivity contribution in [3.63, 3.8) is 0 Å². The van der Waals surface area contributed by atoms with E-state index in [4.69, 9.17) is 4.74 Å². The van der Waals surface area contributed by atoms with Gasteiger partial charge in [0.1, 0.15) is 12.6 Å². The van der Waals surface area contributed by atoms with E-state index in [0.29, 0.717) is 25.6 Å². The van der Waals surface area contributed by atoms with E-state index in [9.17, 15) is 18.4 Å². The summed E-state index contributed by atoms with van der Waals surface area (Å²) >= 11 is 0. The summed E-state index contributed by atoms with van der Waals surface area (Å²) in [7, 11) is 0. The highest BCUT2D eigenvalue weighted by molar-refractivity contribution is 5.90. The van der Waals surface area contributed by atoms with E-state index < -0.39 is 19.0 Å². The minimum atomic E-state index is -2.49. The zero-order chi connectivity index (χ0) is 15.7. The van der Waals surface area contributed by atoms with Crippen LogP contribution >= 0.6 is 0 Å². The SMILES string of the molecule is O=C1CN(C(=O)C2COCCN2CC(F)F)CN1CC1CC1. The number of alkyl halides is 2. The molecular formula is C14H21F2N3O3. The summed E-state index contributed by atoms with van der Waals surface area (Å²) in [6, 6.07) is -0.712. The monoisotopic (exact) mass is 317 g/mol. The number of carbonyl (C=O) groups excluding carboxylic acids is 2. The van der Waals surface area contributed by atoms with Gasteiger partial charge in [-0.25, -0.2) is 8.78 Å². The van der Waals surface area contributed by atoms with Gasteiger partial charge in [-0.1, -0.05) is 0 Å². The van der Waals surface area contributed by atoms with Crippen LogP contribution in [0, 0.1) is 5.92 Å². The molecule has 0 spiro atoms. The fraction of sp³-hybridized carbons (Fsp3) is 0.857. The molecule has 0 aromatic carbocycles. The van der Waals surface area contributed by atoms with E-state index >= 15 is 0 Å². The van der Waals surface area contributed by atoms with E-state index in [1.165, 1.54) is 9.80 Å². The van der Waals surface area contributed by atoms with Gasteiger partial charge in [-0.15, -0.1) is 0 Å². The molecule has 3 aliphatic rings. The molecule has 0 bridgehead atoms. The Bertz CT molecular complexity index is 445. The molecule has 1 atom stereocenters. The second kappa shape index (κ2) is 6.45. The number of carbonyl (C=O) groups is 2. The van der Waals surface area contributed by atoms with Crippen LogP contribution in [0.5, 0.6) is 0 Å². The van der Waals surface area contributed by atoms with Crippen molar-refractivity contribution < 1.29 is 23.1 Å². The molecule has 3 fully saturated rings. The van der Waals surface area contributed by atoms with Crippen molar-refractivity contribution in [2.24, 2.45) is 5.92 Å². The Kier molecular flexibility index (Phi) is 4.58. The van der Waals surface area contributed by atoms with E-state index in [1.807, 2.05) is 0 Å². The minimum absolute atomic E-state index is 0.0462. The first-order valence-corrected chi connectivity index (χ1v) is 7.71. The van der Waals surface area contributed by atoms with Gasteiger partial charge in [0.25, 0.3) is 6.43 Å². The van der Waals surface area contributed by atoms with Gasteiger partial charge in [0, 0.05) is 13.1 Å². The van der Waals surface area contributed by atoms with E-state index in [0.717, 1.165) is 12.8 Å². The van der Waals surface area contributed by atoms with Gasteiger partial charge in [0.2, 0.25) is 11.8 Å². The molecular weight excluding hydrogens is 296 g/mol. The zero-order valence-electron chi connectivity index (χ0n) is 12.4. The molecule has 22 heavy (non-hydrogen) atoms. The second-order valence-electron chi connectivity index (χ2n) is 6.21. The fourth-order valence-corrected chi connectivity index (χ4v) is 2.99. The Morgan fingerprint density at radius 1 is 1.36 bits per heavy atom. The van der Waals surface area contributed by atoms with E-state index in [1.54, 1.807) is 4.90 Å². The number of amides is 2. The molecule has 0 aromatic heterocycles. The summed E-state index contributed by atoms with van der Waals surface area (Å²) < 4.78 is 30.5. The van der Waals surface area contributed by atoms with Crippen LogP contribution in [-0.4, -0.2) is 85.0 Å². The molecule has 8 heteroatoms. The van der Waals surface area contributed by atoms with Gasteiger partial charge >= 0.3 is 0 Å². The predicted molar refractivity (Wildman–Crippen MR) is 73.2 cm³/mol. The van der Waals surface area contributed by atoms with Crippen molar-refractivity contribution in [3.8, 4) is 0 Å². The van der Waals surface area contributed by atoms with Gasteiger partial charge in [-0.2, -0.15) is 0 Å². The van der Waals surface area contributed by atoms with E-state index in [-0.39, 0.29) is 31.6 Å². The van der Waals surface area contributed by atoms with Crippen LogP contribution in [0.1, 0.15) is 12.8 Å². The first kappa shape index (κ1) is 15.6. The van der Waals surface area contributed by atoms with Crippen LogP contribution in [0.15, 0.2) is 0 Å². The Morgan fingerprint density at radius 2 is 2.14 bits per heavy atom. The molecule has 0 aromatic rings. The summed E-state index contributed by atoms with van der Waals surface area (Å²) in [5.74, 6) is 0.219. The van der Waals surface area contributed by atoms with Crippen LogP contribution in [-0.2, 0) is 14.3 Å². The third-order valence-electron chi connectivity index (χ3n) is 4.40. The molecule has 1 saturated carbocycles. The number of nitrogens with zero attached hydrogens (tertiary/aromatic N) is 3. The largest absolute Gasteiger partial charge is 0.378 e. The molecule has 0 N–H and O–H groups in total. The van der Waals surface area contributed by atoms with Gasteiger partial charge in [0.15, 0.2) is 0 Å². The first-order chi connectivity index (χ1) is 10.5. The van der Waals surface area contributed by atoms with Crippen LogP contribution in [0.25, 0.3) is 0 Å². The highest BCUT2D eigenvalue weighted by atomic mass is 19.3. The number of ether oxygens (including phenoxy) is 1. The lowest BCUT2D eigenvalue weighted by Crippen LogP contribution is -2.55. The summed E-state index contributed by atoms with van der Waals surface area (Å²) in [5.41, 5.74) is 0. The molecule has 6 nitrogen and oxygen atoms in total. The first-order valence-electron chi connectivity index (χ1n) is 7.71. The molecule has 1 aliphatic carbocycles. The van der Waals surface area contributed by atoms with Crippen LogP contribution in [0.3, 0.4) is 0 Å². The van der Waals surface area contributed by atoms with Crippen molar-refractivity contribution >= 4 is 11.8 Å². The predicted octanol–water partition coefficient (Wildman–Crippen LogP) is -0.00940. The number of halogens is 2. The fourth-order valence-electron chi connectivity index (χ4n) is 2.99. The van der Waals surface area contributed by atoms with Crippen molar-refractivity contribution in [2.45, 2.75) is 25.3 Å². The van der Waals surface area contributed by atoms with Crippen LogP contribution in [0.2, 0.25) is 0 Å². The molecule has 2 amide bonds. The lowest BCUT2D eigenvalue weighted by molar-refractivity contribution is -0.144. The summed E-state index contributed by atoms with van der Waals surface area (Å²) in [6.45, 7) is 1.35. The minimum Gasteiger partial charge on any atom is -0.378 e. The Balaban J connectivity index is 1.60. The summed E-state index contributed by atoms with van der Waals surface area (Å²) in [6.07, 6.45) is -0.216. The lowest BCUT2D eigenvalue weighted by Gasteiger charge is -2.36. The van der Waals surface area contributed by atoms with Crippen LogP contribution < -0.4 is 0 Å². The van der Waals surface area contributed by atoms with Crippen LogP contribution in [0.4, 0.5) is 8.78 Å². The van der Waals surface area contributed by atoms with E-state index in [2.05, 4.69) is 0 Å². The molecule has 124 valence electrons. The maximum Gasteiger partial charge on any atom is 0.251 e. The third-order valence-corrected chi connectivity index (χ3v) is 4.40. The average Bonchev–Trinajstić information content (AvgIpc) is 3.21. The van der Waals surface area contributed by atoms with Crippen molar-refractivity contribution in [2.75, 3.05) is 46.1 Å². The van der Waals surface area contributed by atoms with Gasteiger partial charge < -0.3 is 14.5 Å². The van der Waals surface area contributed by atoms with Gasteiger partial charge in [-0.3, -0.25) is 14.5 Å². The maximum absolute atomic E-state index is 12.6. The highest BCUT2D eigenvalue weighted by Gasteiger charge is 2.39. The highest BCUT2D eigenvalue weighted by Crippen LogP contribution is 2.30. The Labute approximate surface area is 128 Å². The number of hydrogen-bond acceptors (Lipinski definition) is 4. The number of morpholine rings is 1. The van der Waals surface area contributed by atoms with Gasteiger partial charge in [0.05, 0.1) is 26.4 Å². The summed E-state index contributed by atoms with van der Waals surface area (Å²) in [4.78, 5) is 29.1. The normalized spacial score (nSPS) is 27.0. The van der Waals surface area contributed by atoms with Crippen molar-refractivity contribution in [1.29, 1.82) is 0 Å². The number of rotatable bonds is 5. The average molecular weight is 317 g/mol. The van der Waals surface area contributed by atoms with Crippen molar-refractivity contribution in [3.05, 3.63) is 0 Å². The zero-order valence-corrected chi connectivity index (χ0v) is 12.4. The summed E-state index contributed by atoms with van der Waals surface area (Å²) in [5, 5.41) is 0. The topological polar surface area (TPSA) is 53.1 Å². The molecule has 1 unspecified atom stereocenters. The second-order valence-corrected chi connectivity index (χ2v) is 6.21. The third kappa shape index (κ3) is 3.55. The molecule has 2 saturated heterocycles. The lowest BCUT2D eigenvalue weighted by atomic mass is 10.2. The maximum atomic E-state index is 12.6. The molecule has 2 aliphatic heterocycles. The Hall–Kier alpha value is -1.28. The molecule has 3 rings (SSSR count). The molecule has 0 radical (unpaired) electrons. The smallest absolute Gasteiger partial charge is 0.251 e. The quantitative estimate of drug-likeness (QED) is 0.716. The molecule has 2 heterocycles. The van der Waals surface area contributed by atoms with Gasteiger partial charge in [-0.05, 0) is 18.8 Å². The number of hydrogen-bond donors (Lipinski definition) is 0. The van der Waals surface area contributed by atoms with Crippen molar-refractivity contribution in [1.82, 2.24) is 14.7 Å². The Morgan fingerprint density at radius 3 is 2.82 bits per heavy atom. The standard InChI is InChI=1S/C14H21F2N3O3/c15-12(16)6-17-3-4-22-8-11(17)14(21)19-7-13(20)18(9-19)5-10-1-2-10/h10-12H,1-9H2.